The van der Waals surface area contributed by atoms with Crippen molar-refractivity contribution in [1.29, 1.82) is 0 Å². The molecule has 0 spiro atoms. The molecule has 0 aliphatic heterocycles. The molecule has 4 rings (SSSR count). The molecule has 1 aliphatic rings. The molecule has 156 valence electrons. The summed E-state index contributed by atoms with van der Waals surface area (Å²) in [5.41, 5.74) is 2.69. The lowest BCUT2D eigenvalue weighted by atomic mass is 10.1. The van der Waals surface area contributed by atoms with Gasteiger partial charge < -0.3 is 19.3 Å². The molecule has 1 heterocycles. The molecule has 3 aromatic rings. The Morgan fingerprint density at radius 2 is 1.97 bits per heavy atom. The van der Waals surface area contributed by atoms with Crippen LogP contribution in [0.3, 0.4) is 0 Å². The van der Waals surface area contributed by atoms with Crippen molar-refractivity contribution in [3.63, 3.8) is 0 Å². The first-order valence-electron chi connectivity index (χ1n) is 10.1. The predicted octanol–water partition coefficient (Wildman–Crippen LogP) is 4.16. The van der Waals surface area contributed by atoms with Crippen LogP contribution < -0.4 is 14.8 Å². The van der Waals surface area contributed by atoms with E-state index in [4.69, 9.17) is 14.0 Å². The van der Waals surface area contributed by atoms with Crippen molar-refractivity contribution in [2.45, 2.75) is 38.6 Å². The number of carbonyl (C=O) groups excluding carboxylic acids is 1. The third-order valence-corrected chi connectivity index (χ3v) is 5.30. The number of hydrogen-bond acceptors (Lipinski definition) is 6. The highest BCUT2D eigenvalue weighted by Crippen LogP contribution is 2.32. The van der Waals surface area contributed by atoms with E-state index in [2.05, 4.69) is 15.5 Å². The molecule has 1 N–H and O–H groups in total. The molecule has 1 amide bonds. The number of hydrogen-bond donors (Lipinski definition) is 1. The number of nitrogens with zero attached hydrogens (tertiary/aromatic N) is 2. The molecule has 7 heteroatoms. The normalized spacial score (nSPS) is 13.9. The Bertz CT molecular complexity index is 1020. The van der Waals surface area contributed by atoms with Crippen LogP contribution in [0.25, 0.3) is 22.8 Å². The van der Waals surface area contributed by atoms with Crippen LogP contribution >= 0.6 is 0 Å². The fraction of sp³-hybridized carbons (Fsp3) is 0.348. The van der Waals surface area contributed by atoms with Gasteiger partial charge in [0.15, 0.2) is 18.1 Å². The van der Waals surface area contributed by atoms with Gasteiger partial charge in [-0.15, -0.1) is 0 Å². The van der Waals surface area contributed by atoms with Crippen LogP contribution in [-0.4, -0.2) is 35.8 Å². The van der Waals surface area contributed by atoms with Gasteiger partial charge in [0.2, 0.25) is 5.82 Å². The summed E-state index contributed by atoms with van der Waals surface area (Å²) in [6.45, 7) is 1.95. The van der Waals surface area contributed by atoms with Gasteiger partial charge in [0.1, 0.15) is 0 Å². The molecule has 0 saturated heterocycles. The van der Waals surface area contributed by atoms with E-state index in [1.54, 1.807) is 19.2 Å². The Labute approximate surface area is 175 Å². The largest absolute Gasteiger partial charge is 0.493 e. The number of ether oxygens (including phenoxy) is 2. The van der Waals surface area contributed by atoms with E-state index in [0.717, 1.165) is 29.5 Å². The standard InChI is InChI=1S/C23H25N3O4/c1-15-7-3-6-10-18(15)23-25-22(26-30-23)16-11-12-19(20(13-16)28-2)29-14-21(27)24-17-8-4-5-9-17/h3,6-7,10-13,17H,4-5,8-9,14H2,1-2H3,(H,24,27). The number of carbonyl (C=O) groups is 1. The average Bonchev–Trinajstić information content (AvgIpc) is 3.45. The molecule has 1 aromatic heterocycles. The second-order valence-corrected chi connectivity index (χ2v) is 7.44. The van der Waals surface area contributed by atoms with Gasteiger partial charge in [0, 0.05) is 17.2 Å². The molecule has 2 aromatic carbocycles. The number of benzene rings is 2. The fourth-order valence-corrected chi connectivity index (χ4v) is 3.67. The minimum Gasteiger partial charge on any atom is -0.493 e. The second kappa shape index (κ2) is 8.98. The summed E-state index contributed by atoms with van der Waals surface area (Å²) >= 11 is 0. The van der Waals surface area contributed by atoms with Crippen LogP contribution in [0.2, 0.25) is 0 Å². The second-order valence-electron chi connectivity index (χ2n) is 7.44. The quantitative estimate of drug-likeness (QED) is 0.633. The van der Waals surface area contributed by atoms with E-state index in [1.165, 1.54) is 12.8 Å². The van der Waals surface area contributed by atoms with Gasteiger partial charge >= 0.3 is 0 Å². The van der Waals surface area contributed by atoms with E-state index in [0.29, 0.717) is 23.2 Å². The first-order valence-corrected chi connectivity index (χ1v) is 10.1. The Morgan fingerprint density at radius 3 is 2.73 bits per heavy atom. The van der Waals surface area contributed by atoms with Gasteiger partial charge in [-0.1, -0.05) is 36.2 Å². The van der Waals surface area contributed by atoms with Crippen LogP contribution in [-0.2, 0) is 4.79 Å². The number of nitrogens with one attached hydrogen (secondary N) is 1. The third kappa shape index (κ3) is 4.45. The lowest BCUT2D eigenvalue weighted by molar-refractivity contribution is -0.123. The van der Waals surface area contributed by atoms with Crippen molar-refractivity contribution < 1.29 is 18.8 Å². The van der Waals surface area contributed by atoms with Crippen LogP contribution in [0.15, 0.2) is 47.0 Å². The van der Waals surface area contributed by atoms with Gasteiger partial charge in [-0.2, -0.15) is 4.98 Å². The SMILES string of the molecule is COc1cc(-c2noc(-c3ccccc3C)n2)ccc1OCC(=O)NC1CCCC1. The first-order chi connectivity index (χ1) is 14.6. The lowest BCUT2D eigenvalue weighted by Crippen LogP contribution is -2.36. The average molecular weight is 407 g/mol. The summed E-state index contributed by atoms with van der Waals surface area (Å²) < 4.78 is 16.6. The summed E-state index contributed by atoms with van der Waals surface area (Å²) in [7, 11) is 1.56. The Kier molecular flexibility index (Phi) is 5.97. The zero-order valence-electron chi connectivity index (χ0n) is 17.2. The number of amides is 1. The lowest BCUT2D eigenvalue weighted by Gasteiger charge is -2.14. The Hall–Kier alpha value is -3.35. The molecule has 1 fully saturated rings. The van der Waals surface area contributed by atoms with E-state index in [1.807, 2.05) is 37.3 Å². The maximum absolute atomic E-state index is 12.1. The van der Waals surface area contributed by atoms with Crippen molar-refractivity contribution >= 4 is 5.91 Å². The molecule has 1 saturated carbocycles. The number of aryl methyl sites for hydroxylation is 1. The van der Waals surface area contributed by atoms with E-state index < -0.39 is 0 Å². The summed E-state index contributed by atoms with van der Waals surface area (Å²) in [6, 6.07) is 13.5. The maximum atomic E-state index is 12.1. The van der Waals surface area contributed by atoms with Crippen LogP contribution in [0.5, 0.6) is 11.5 Å². The van der Waals surface area contributed by atoms with Crippen molar-refractivity contribution in [2.24, 2.45) is 0 Å². The smallest absolute Gasteiger partial charge is 0.258 e. The molecular formula is C23H25N3O4. The van der Waals surface area contributed by atoms with Gasteiger partial charge in [-0.05, 0) is 49.6 Å². The summed E-state index contributed by atoms with van der Waals surface area (Å²) in [4.78, 5) is 16.6. The van der Waals surface area contributed by atoms with E-state index in [9.17, 15) is 4.79 Å². The van der Waals surface area contributed by atoms with Gasteiger partial charge in [0.25, 0.3) is 11.8 Å². The van der Waals surface area contributed by atoms with Crippen LogP contribution in [0.1, 0.15) is 31.2 Å². The highest BCUT2D eigenvalue weighted by atomic mass is 16.5. The number of methoxy groups -OCH3 is 1. The number of rotatable bonds is 7. The van der Waals surface area contributed by atoms with E-state index in [-0.39, 0.29) is 18.6 Å². The highest BCUT2D eigenvalue weighted by Gasteiger charge is 2.18. The zero-order valence-corrected chi connectivity index (χ0v) is 17.2. The molecule has 0 unspecified atom stereocenters. The predicted molar refractivity (Wildman–Crippen MR) is 112 cm³/mol. The Morgan fingerprint density at radius 1 is 1.17 bits per heavy atom. The Balaban J connectivity index is 1.46. The molecular weight excluding hydrogens is 382 g/mol. The topological polar surface area (TPSA) is 86.5 Å². The maximum Gasteiger partial charge on any atom is 0.258 e. The van der Waals surface area contributed by atoms with Crippen molar-refractivity contribution in [3.05, 3.63) is 48.0 Å². The third-order valence-electron chi connectivity index (χ3n) is 5.30. The van der Waals surface area contributed by atoms with Crippen LogP contribution in [0, 0.1) is 6.92 Å². The van der Waals surface area contributed by atoms with Crippen molar-refractivity contribution in [2.75, 3.05) is 13.7 Å². The molecule has 7 nitrogen and oxygen atoms in total. The van der Waals surface area contributed by atoms with E-state index >= 15 is 0 Å². The highest BCUT2D eigenvalue weighted by molar-refractivity contribution is 5.78. The fourth-order valence-electron chi connectivity index (χ4n) is 3.67. The zero-order chi connectivity index (χ0) is 20.9. The number of aromatic nitrogens is 2. The summed E-state index contributed by atoms with van der Waals surface area (Å²) in [5, 5.41) is 7.10. The monoisotopic (exact) mass is 407 g/mol. The molecule has 0 radical (unpaired) electrons. The van der Waals surface area contributed by atoms with Crippen molar-refractivity contribution in [1.82, 2.24) is 15.5 Å². The molecule has 0 atom stereocenters. The minimum absolute atomic E-state index is 0.0498. The molecule has 30 heavy (non-hydrogen) atoms. The molecule has 1 aliphatic carbocycles. The minimum atomic E-state index is -0.117. The van der Waals surface area contributed by atoms with Gasteiger partial charge in [-0.25, -0.2) is 0 Å². The van der Waals surface area contributed by atoms with Gasteiger partial charge in [-0.3, -0.25) is 4.79 Å². The first kappa shape index (κ1) is 19.9. The molecule has 0 bridgehead atoms. The van der Waals surface area contributed by atoms with Gasteiger partial charge in [0.05, 0.1) is 7.11 Å². The van der Waals surface area contributed by atoms with Crippen molar-refractivity contribution in [3.8, 4) is 34.3 Å². The summed E-state index contributed by atoms with van der Waals surface area (Å²) in [6.07, 6.45) is 4.42. The van der Waals surface area contributed by atoms with Crippen LogP contribution in [0.4, 0.5) is 0 Å². The summed E-state index contributed by atoms with van der Waals surface area (Å²) in [5.74, 6) is 1.80.